The number of hydrogen-bond acceptors (Lipinski definition) is 3. The van der Waals surface area contributed by atoms with Crippen LogP contribution in [-0.2, 0) is 5.41 Å². The van der Waals surface area contributed by atoms with Crippen molar-refractivity contribution in [2.45, 2.75) is 58.7 Å². The van der Waals surface area contributed by atoms with Crippen LogP contribution in [-0.4, -0.2) is 17.7 Å². The summed E-state index contributed by atoms with van der Waals surface area (Å²) < 4.78 is 36.3. The Labute approximate surface area is 116 Å². The van der Waals surface area contributed by atoms with Gasteiger partial charge in [0.1, 0.15) is 0 Å². The van der Waals surface area contributed by atoms with Crippen LogP contribution in [0.15, 0.2) is 0 Å². The molecule has 19 heavy (non-hydrogen) atoms. The molecule has 110 valence electrons. The summed E-state index contributed by atoms with van der Waals surface area (Å²) >= 11 is 1.58. The SMILES string of the molecule is Cc1nc(C(C)(C)C)sc1C(C)NCCC(F)(F)F. The fourth-order valence-corrected chi connectivity index (χ4v) is 2.80. The Balaban J connectivity index is 2.67. The number of rotatable bonds is 4. The Morgan fingerprint density at radius 3 is 2.26 bits per heavy atom. The Morgan fingerprint density at radius 2 is 1.84 bits per heavy atom. The number of nitrogens with one attached hydrogen (secondary N) is 1. The second-order valence-corrected chi connectivity index (χ2v) is 6.79. The van der Waals surface area contributed by atoms with Crippen LogP contribution >= 0.6 is 11.3 Å². The van der Waals surface area contributed by atoms with Gasteiger partial charge in [-0.25, -0.2) is 4.98 Å². The molecule has 0 spiro atoms. The van der Waals surface area contributed by atoms with E-state index in [0.717, 1.165) is 15.6 Å². The third kappa shape index (κ3) is 5.10. The molecule has 0 amide bonds. The van der Waals surface area contributed by atoms with Crippen LogP contribution in [0.1, 0.15) is 55.7 Å². The average Bonchev–Trinajstić information content (AvgIpc) is 2.57. The van der Waals surface area contributed by atoms with Crippen molar-refractivity contribution in [1.82, 2.24) is 10.3 Å². The summed E-state index contributed by atoms with van der Waals surface area (Å²) in [5, 5.41) is 3.93. The van der Waals surface area contributed by atoms with Gasteiger partial charge in [-0.3, -0.25) is 0 Å². The second-order valence-electron chi connectivity index (χ2n) is 5.76. The maximum atomic E-state index is 12.1. The first-order valence-electron chi connectivity index (χ1n) is 6.28. The minimum Gasteiger partial charge on any atom is -0.309 e. The van der Waals surface area contributed by atoms with Crippen molar-refractivity contribution >= 4 is 11.3 Å². The van der Waals surface area contributed by atoms with Crippen LogP contribution < -0.4 is 5.32 Å². The maximum Gasteiger partial charge on any atom is 0.390 e. The highest BCUT2D eigenvalue weighted by molar-refractivity contribution is 7.12. The van der Waals surface area contributed by atoms with Crippen LogP contribution in [0.3, 0.4) is 0 Å². The highest BCUT2D eigenvalue weighted by atomic mass is 32.1. The summed E-state index contributed by atoms with van der Waals surface area (Å²) in [6, 6.07) is -0.101. The number of aromatic nitrogens is 1. The van der Waals surface area contributed by atoms with Crippen LogP contribution in [0, 0.1) is 6.92 Å². The molecule has 0 saturated heterocycles. The molecule has 0 aromatic carbocycles. The van der Waals surface area contributed by atoms with E-state index in [0.29, 0.717) is 0 Å². The van der Waals surface area contributed by atoms with Crippen LogP contribution in [0.4, 0.5) is 13.2 Å². The molecule has 0 bridgehead atoms. The van der Waals surface area contributed by atoms with Gasteiger partial charge in [0.2, 0.25) is 0 Å². The van der Waals surface area contributed by atoms with Gasteiger partial charge < -0.3 is 5.32 Å². The first-order valence-corrected chi connectivity index (χ1v) is 7.10. The van der Waals surface area contributed by atoms with Crippen molar-refractivity contribution in [3.8, 4) is 0 Å². The topological polar surface area (TPSA) is 24.9 Å². The van der Waals surface area contributed by atoms with Gasteiger partial charge in [-0.05, 0) is 13.8 Å². The van der Waals surface area contributed by atoms with Crippen molar-refractivity contribution in [3.63, 3.8) is 0 Å². The monoisotopic (exact) mass is 294 g/mol. The Hall–Kier alpha value is -0.620. The smallest absolute Gasteiger partial charge is 0.309 e. The van der Waals surface area contributed by atoms with E-state index in [1.807, 2.05) is 13.8 Å². The van der Waals surface area contributed by atoms with Crippen molar-refractivity contribution in [3.05, 3.63) is 15.6 Å². The average molecular weight is 294 g/mol. The van der Waals surface area contributed by atoms with Crippen molar-refractivity contribution < 1.29 is 13.2 Å². The van der Waals surface area contributed by atoms with Crippen LogP contribution in [0.5, 0.6) is 0 Å². The molecule has 1 aromatic rings. The Morgan fingerprint density at radius 1 is 1.26 bits per heavy atom. The molecule has 1 atom stereocenters. The first kappa shape index (κ1) is 16.4. The van der Waals surface area contributed by atoms with Gasteiger partial charge in [0.25, 0.3) is 0 Å². The molecule has 0 aliphatic heterocycles. The lowest BCUT2D eigenvalue weighted by molar-refractivity contribution is -0.133. The first-order chi connectivity index (χ1) is 8.50. The summed E-state index contributed by atoms with van der Waals surface area (Å²) in [7, 11) is 0. The van der Waals surface area contributed by atoms with E-state index in [-0.39, 0.29) is 18.0 Å². The molecule has 1 heterocycles. The zero-order chi connectivity index (χ0) is 14.8. The number of alkyl halides is 3. The lowest BCUT2D eigenvalue weighted by Gasteiger charge is -2.15. The highest BCUT2D eigenvalue weighted by Gasteiger charge is 2.27. The fourth-order valence-electron chi connectivity index (χ4n) is 1.65. The predicted molar refractivity (Wildman–Crippen MR) is 72.6 cm³/mol. The zero-order valence-electron chi connectivity index (χ0n) is 12.0. The van der Waals surface area contributed by atoms with Crippen molar-refractivity contribution in [1.29, 1.82) is 0 Å². The molecule has 0 radical (unpaired) electrons. The van der Waals surface area contributed by atoms with Gasteiger partial charge >= 0.3 is 6.18 Å². The summed E-state index contributed by atoms with van der Waals surface area (Å²) in [6.07, 6.45) is -4.91. The van der Waals surface area contributed by atoms with Gasteiger partial charge in [-0.2, -0.15) is 13.2 Å². The molecule has 0 aliphatic carbocycles. The number of thiazole rings is 1. The van der Waals surface area contributed by atoms with Gasteiger partial charge in [-0.15, -0.1) is 11.3 Å². The van der Waals surface area contributed by atoms with Gasteiger partial charge in [-0.1, -0.05) is 20.8 Å². The summed E-state index contributed by atoms with van der Waals surface area (Å²) in [6.45, 7) is 9.96. The van der Waals surface area contributed by atoms with Gasteiger partial charge in [0, 0.05) is 22.9 Å². The molecule has 6 heteroatoms. The lowest BCUT2D eigenvalue weighted by Crippen LogP contribution is -2.24. The number of nitrogens with zero attached hydrogens (tertiary/aromatic N) is 1. The summed E-state index contributed by atoms with van der Waals surface area (Å²) in [4.78, 5) is 5.54. The van der Waals surface area contributed by atoms with E-state index >= 15 is 0 Å². The molecule has 1 unspecified atom stereocenters. The van der Waals surface area contributed by atoms with E-state index < -0.39 is 12.6 Å². The number of halogens is 3. The second kappa shape index (κ2) is 5.79. The predicted octanol–water partition coefficient (Wildman–Crippen LogP) is 4.35. The van der Waals surface area contributed by atoms with Crippen molar-refractivity contribution in [2.75, 3.05) is 6.54 Å². The van der Waals surface area contributed by atoms with Crippen LogP contribution in [0.25, 0.3) is 0 Å². The molecule has 1 rings (SSSR count). The van der Waals surface area contributed by atoms with Crippen LogP contribution in [0.2, 0.25) is 0 Å². The minimum absolute atomic E-state index is 0.0284. The fraction of sp³-hybridized carbons (Fsp3) is 0.769. The van der Waals surface area contributed by atoms with Gasteiger partial charge in [0.05, 0.1) is 17.1 Å². The molecule has 0 saturated carbocycles. The molecule has 1 aromatic heterocycles. The minimum atomic E-state index is -4.11. The van der Waals surface area contributed by atoms with E-state index in [1.54, 1.807) is 11.3 Å². The third-order valence-electron chi connectivity index (χ3n) is 2.73. The molecule has 2 nitrogen and oxygen atoms in total. The molecule has 0 fully saturated rings. The van der Waals surface area contributed by atoms with E-state index in [4.69, 9.17) is 0 Å². The van der Waals surface area contributed by atoms with Crippen molar-refractivity contribution in [2.24, 2.45) is 0 Å². The van der Waals surface area contributed by atoms with E-state index in [2.05, 4.69) is 31.1 Å². The maximum absolute atomic E-state index is 12.1. The van der Waals surface area contributed by atoms with E-state index in [1.165, 1.54) is 0 Å². The summed E-state index contributed by atoms with van der Waals surface area (Å²) in [5.41, 5.74) is 0.876. The third-order valence-corrected chi connectivity index (χ3v) is 4.49. The lowest BCUT2D eigenvalue weighted by atomic mass is 9.98. The zero-order valence-corrected chi connectivity index (χ0v) is 12.8. The Bertz CT molecular complexity index is 419. The van der Waals surface area contributed by atoms with E-state index in [9.17, 15) is 13.2 Å². The van der Waals surface area contributed by atoms with Gasteiger partial charge in [0.15, 0.2) is 0 Å². The standard InChI is InChI=1S/C13H21F3N2S/c1-8(17-7-6-13(14,15)16)10-9(2)18-11(19-10)12(3,4)5/h8,17H,6-7H2,1-5H3. The molecular weight excluding hydrogens is 273 g/mol. The number of hydrogen-bond donors (Lipinski definition) is 1. The summed E-state index contributed by atoms with van der Waals surface area (Å²) in [5.74, 6) is 0. The molecular formula is C13H21F3N2S. The number of aryl methyl sites for hydroxylation is 1. The largest absolute Gasteiger partial charge is 0.390 e. The highest BCUT2D eigenvalue weighted by Crippen LogP contribution is 2.32. The Kier molecular flexibility index (Phi) is 5.01. The molecule has 0 aliphatic rings. The normalized spacial score (nSPS) is 14.7. The quantitative estimate of drug-likeness (QED) is 0.893. The molecule has 1 N–H and O–H groups in total.